The van der Waals surface area contributed by atoms with Crippen LogP contribution in [0.15, 0.2) is 0 Å². The number of alkyl halides is 1. The van der Waals surface area contributed by atoms with E-state index in [1.807, 2.05) is 13.8 Å². The van der Waals surface area contributed by atoms with Gasteiger partial charge in [0.2, 0.25) is 0 Å². The van der Waals surface area contributed by atoms with E-state index in [0.717, 1.165) is 31.1 Å². The number of rotatable bonds is 4. The van der Waals surface area contributed by atoms with E-state index in [0.29, 0.717) is 5.41 Å². The van der Waals surface area contributed by atoms with Crippen LogP contribution in [0.5, 0.6) is 0 Å². The fourth-order valence-electron chi connectivity index (χ4n) is 2.57. The zero-order chi connectivity index (χ0) is 12.9. The lowest BCUT2D eigenvalue weighted by atomic mass is 9.85. The molecular weight excluding hydrogens is 282 g/mol. The number of hydrogen-bond donors (Lipinski definition) is 1. The SMILES string of the molecule is CC.COC(=O)C1(CC2(CBr)CC2)CCCN1. The predicted molar refractivity (Wildman–Crippen MR) is 73.4 cm³/mol. The monoisotopic (exact) mass is 305 g/mol. The summed E-state index contributed by atoms with van der Waals surface area (Å²) in [6.45, 7) is 4.94. The minimum Gasteiger partial charge on any atom is -0.468 e. The standard InChI is InChI=1S/C11H18BrNO2.C2H6/c1-15-9(14)11(3-2-6-13-11)7-10(8-12)4-5-10;1-2/h13H,2-8H2,1H3;1-2H3. The number of halogens is 1. The second-order valence-electron chi connectivity index (χ2n) is 4.91. The van der Waals surface area contributed by atoms with Crippen molar-refractivity contribution in [1.82, 2.24) is 5.32 Å². The van der Waals surface area contributed by atoms with Gasteiger partial charge in [0.15, 0.2) is 0 Å². The minimum atomic E-state index is -0.390. The third-order valence-electron chi connectivity index (χ3n) is 3.74. The van der Waals surface area contributed by atoms with Crippen molar-refractivity contribution >= 4 is 21.9 Å². The lowest BCUT2D eigenvalue weighted by molar-refractivity contribution is -0.148. The van der Waals surface area contributed by atoms with E-state index < -0.39 is 0 Å². The van der Waals surface area contributed by atoms with Crippen LogP contribution in [0.3, 0.4) is 0 Å². The van der Waals surface area contributed by atoms with E-state index in [1.54, 1.807) is 0 Å². The van der Waals surface area contributed by atoms with Crippen molar-refractivity contribution in [3.8, 4) is 0 Å². The van der Waals surface area contributed by atoms with E-state index in [-0.39, 0.29) is 11.5 Å². The van der Waals surface area contributed by atoms with Crippen LogP contribution in [0.1, 0.15) is 46.0 Å². The Balaban J connectivity index is 0.000000686. The Morgan fingerprint density at radius 1 is 1.35 bits per heavy atom. The first-order valence-electron chi connectivity index (χ1n) is 6.56. The van der Waals surface area contributed by atoms with Crippen molar-refractivity contribution in [2.45, 2.75) is 51.5 Å². The predicted octanol–water partition coefficient (Wildman–Crippen LogP) is 2.87. The normalized spacial score (nSPS) is 29.2. The van der Waals surface area contributed by atoms with Gasteiger partial charge in [0.1, 0.15) is 5.54 Å². The molecule has 1 aliphatic carbocycles. The summed E-state index contributed by atoms with van der Waals surface area (Å²) in [6, 6.07) is 0. The second-order valence-corrected chi connectivity index (χ2v) is 5.48. The Kier molecular flexibility index (Phi) is 5.45. The first-order valence-corrected chi connectivity index (χ1v) is 7.68. The van der Waals surface area contributed by atoms with Crippen molar-refractivity contribution in [2.24, 2.45) is 5.41 Å². The highest BCUT2D eigenvalue weighted by atomic mass is 79.9. The van der Waals surface area contributed by atoms with E-state index in [4.69, 9.17) is 4.74 Å². The highest BCUT2D eigenvalue weighted by Gasteiger charge is 2.52. The smallest absolute Gasteiger partial charge is 0.326 e. The lowest BCUT2D eigenvalue weighted by Crippen LogP contribution is -2.50. The molecule has 2 fully saturated rings. The maximum Gasteiger partial charge on any atom is 0.326 e. The summed E-state index contributed by atoms with van der Waals surface area (Å²) in [4.78, 5) is 11.9. The van der Waals surface area contributed by atoms with Crippen LogP contribution in [0.2, 0.25) is 0 Å². The van der Waals surface area contributed by atoms with Crippen molar-refractivity contribution in [1.29, 1.82) is 0 Å². The molecule has 1 atom stereocenters. The van der Waals surface area contributed by atoms with Gasteiger partial charge in [0, 0.05) is 5.33 Å². The molecule has 2 aliphatic rings. The molecule has 1 heterocycles. The highest BCUT2D eigenvalue weighted by molar-refractivity contribution is 9.09. The van der Waals surface area contributed by atoms with Gasteiger partial charge in [-0.15, -0.1) is 0 Å². The van der Waals surface area contributed by atoms with Gasteiger partial charge in [0.05, 0.1) is 7.11 Å². The van der Waals surface area contributed by atoms with Gasteiger partial charge in [0.25, 0.3) is 0 Å². The summed E-state index contributed by atoms with van der Waals surface area (Å²) < 4.78 is 4.94. The van der Waals surface area contributed by atoms with Crippen LogP contribution in [0, 0.1) is 5.41 Å². The van der Waals surface area contributed by atoms with E-state index >= 15 is 0 Å². The van der Waals surface area contributed by atoms with Crippen molar-refractivity contribution in [3.63, 3.8) is 0 Å². The average Bonchev–Trinajstić information content (AvgIpc) is 2.99. The van der Waals surface area contributed by atoms with E-state index in [1.165, 1.54) is 20.0 Å². The van der Waals surface area contributed by atoms with Crippen LogP contribution in [-0.2, 0) is 9.53 Å². The molecular formula is C13H24BrNO2. The molecule has 1 saturated carbocycles. The van der Waals surface area contributed by atoms with E-state index in [9.17, 15) is 4.79 Å². The summed E-state index contributed by atoms with van der Waals surface area (Å²) in [7, 11) is 1.48. The summed E-state index contributed by atoms with van der Waals surface area (Å²) in [5, 5.41) is 4.36. The van der Waals surface area contributed by atoms with Gasteiger partial charge < -0.3 is 10.1 Å². The topological polar surface area (TPSA) is 38.3 Å². The molecule has 2 rings (SSSR count). The number of hydrogen-bond acceptors (Lipinski definition) is 3. The average molecular weight is 306 g/mol. The molecule has 0 spiro atoms. The van der Waals surface area contributed by atoms with Crippen molar-refractivity contribution in [2.75, 3.05) is 19.0 Å². The zero-order valence-corrected chi connectivity index (χ0v) is 12.7. The molecule has 1 unspecified atom stereocenters. The Labute approximate surface area is 113 Å². The van der Waals surface area contributed by atoms with Gasteiger partial charge in [-0.1, -0.05) is 29.8 Å². The maximum absolute atomic E-state index is 11.9. The number of nitrogens with one attached hydrogen (secondary N) is 1. The molecule has 17 heavy (non-hydrogen) atoms. The first-order chi connectivity index (χ1) is 8.16. The number of ether oxygens (including phenoxy) is 1. The maximum atomic E-state index is 11.9. The summed E-state index contributed by atoms with van der Waals surface area (Å²) in [5.74, 6) is -0.0766. The Hall–Kier alpha value is -0.0900. The molecule has 1 aliphatic heterocycles. The third kappa shape index (κ3) is 3.22. The van der Waals surface area contributed by atoms with Crippen LogP contribution in [0.25, 0.3) is 0 Å². The van der Waals surface area contributed by atoms with Crippen molar-refractivity contribution in [3.05, 3.63) is 0 Å². The fraction of sp³-hybridized carbons (Fsp3) is 0.923. The number of carbonyl (C=O) groups excluding carboxylic acids is 1. The molecule has 0 bridgehead atoms. The minimum absolute atomic E-state index is 0.0766. The number of carbonyl (C=O) groups is 1. The van der Waals surface area contributed by atoms with Gasteiger partial charge in [-0.25, -0.2) is 0 Å². The second kappa shape index (κ2) is 6.19. The largest absolute Gasteiger partial charge is 0.468 e. The summed E-state index contributed by atoms with van der Waals surface area (Å²) in [6.07, 6.45) is 5.40. The Morgan fingerprint density at radius 2 is 2.00 bits per heavy atom. The number of methoxy groups -OCH3 is 1. The highest BCUT2D eigenvalue weighted by Crippen LogP contribution is 2.53. The fourth-order valence-corrected chi connectivity index (χ4v) is 3.33. The van der Waals surface area contributed by atoms with Gasteiger partial charge in [-0.2, -0.15) is 0 Å². The van der Waals surface area contributed by atoms with Crippen LogP contribution in [-0.4, -0.2) is 30.5 Å². The van der Waals surface area contributed by atoms with Crippen molar-refractivity contribution < 1.29 is 9.53 Å². The molecule has 100 valence electrons. The molecule has 1 N–H and O–H groups in total. The molecule has 0 aromatic heterocycles. The summed E-state index contributed by atoms with van der Waals surface area (Å²) >= 11 is 3.56. The zero-order valence-electron chi connectivity index (χ0n) is 11.1. The molecule has 0 aromatic rings. The van der Waals surface area contributed by atoms with Gasteiger partial charge in [-0.05, 0) is 44.1 Å². The number of esters is 1. The molecule has 0 aromatic carbocycles. The first kappa shape index (κ1) is 15.0. The molecule has 3 nitrogen and oxygen atoms in total. The van der Waals surface area contributed by atoms with E-state index in [2.05, 4.69) is 21.2 Å². The molecule has 0 amide bonds. The lowest BCUT2D eigenvalue weighted by Gasteiger charge is -2.30. The van der Waals surface area contributed by atoms with Crippen LogP contribution in [0.4, 0.5) is 0 Å². The van der Waals surface area contributed by atoms with Crippen LogP contribution >= 0.6 is 15.9 Å². The van der Waals surface area contributed by atoms with Gasteiger partial charge >= 0.3 is 5.97 Å². The molecule has 4 heteroatoms. The van der Waals surface area contributed by atoms with Gasteiger partial charge in [-0.3, -0.25) is 4.79 Å². The van der Waals surface area contributed by atoms with Crippen LogP contribution < -0.4 is 5.32 Å². The quantitative estimate of drug-likeness (QED) is 0.641. The molecule has 0 radical (unpaired) electrons. The Morgan fingerprint density at radius 3 is 2.35 bits per heavy atom. The molecule has 1 saturated heterocycles. The summed E-state index contributed by atoms with van der Waals surface area (Å²) in [5.41, 5.74) is -0.0372. The third-order valence-corrected chi connectivity index (χ3v) is 4.93. The Bertz CT molecular complexity index is 258.